The molecule has 1 amide bonds. The number of piperazine rings is 1. The monoisotopic (exact) mass is 266 g/mol. The molecule has 0 atom stereocenters. The third kappa shape index (κ3) is 3.80. The summed E-state index contributed by atoms with van der Waals surface area (Å²) in [5, 5.41) is 8.71. The molecule has 1 N–H and O–H groups in total. The smallest absolute Gasteiger partial charge is 0.328 e. The molecule has 0 aromatic heterocycles. The van der Waals surface area contributed by atoms with Gasteiger partial charge in [0.2, 0.25) is 5.91 Å². The summed E-state index contributed by atoms with van der Waals surface area (Å²) in [5.74, 6) is -0.518. The van der Waals surface area contributed by atoms with Crippen molar-refractivity contribution in [3.05, 3.63) is 11.6 Å². The van der Waals surface area contributed by atoms with Gasteiger partial charge in [-0.25, -0.2) is 4.79 Å². The molecule has 1 saturated heterocycles. The lowest BCUT2D eigenvalue weighted by molar-refractivity contribution is -0.137. The molecule has 2 fully saturated rings. The van der Waals surface area contributed by atoms with Crippen LogP contribution >= 0.6 is 0 Å². The third-order valence-electron chi connectivity index (χ3n) is 4.12. The van der Waals surface area contributed by atoms with Crippen LogP contribution in [-0.2, 0) is 9.59 Å². The van der Waals surface area contributed by atoms with E-state index in [-0.39, 0.29) is 11.8 Å². The maximum atomic E-state index is 12.4. The number of carbonyl (C=O) groups is 2. The van der Waals surface area contributed by atoms with Gasteiger partial charge in [0.25, 0.3) is 0 Å². The van der Waals surface area contributed by atoms with E-state index in [4.69, 9.17) is 5.11 Å². The number of carboxylic acid groups (broad SMARTS) is 1. The molecule has 5 nitrogen and oxygen atoms in total. The van der Waals surface area contributed by atoms with Gasteiger partial charge in [-0.05, 0) is 32.7 Å². The molecule has 19 heavy (non-hydrogen) atoms. The molecule has 1 heterocycles. The van der Waals surface area contributed by atoms with Crippen molar-refractivity contribution in [2.24, 2.45) is 5.92 Å². The number of carboxylic acids is 1. The molecule has 106 valence electrons. The fourth-order valence-corrected chi connectivity index (χ4v) is 2.84. The first-order chi connectivity index (χ1) is 9.06. The average molecular weight is 266 g/mol. The number of carbonyl (C=O) groups excluding carboxylic acids is 1. The summed E-state index contributed by atoms with van der Waals surface area (Å²) in [4.78, 5) is 27.2. The van der Waals surface area contributed by atoms with Gasteiger partial charge in [0.1, 0.15) is 0 Å². The Bertz CT molecular complexity index is 374. The Morgan fingerprint density at radius 2 is 1.74 bits per heavy atom. The fraction of sp³-hybridized carbons (Fsp3) is 0.714. The highest BCUT2D eigenvalue weighted by molar-refractivity contribution is 5.81. The number of amides is 1. The van der Waals surface area contributed by atoms with Crippen LogP contribution in [0.15, 0.2) is 11.6 Å². The van der Waals surface area contributed by atoms with Gasteiger partial charge in [-0.2, -0.15) is 0 Å². The number of rotatable bonds is 2. The van der Waals surface area contributed by atoms with E-state index in [0.29, 0.717) is 0 Å². The van der Waals surface area contributed by atoms with Crippen molar-refractivity contribution < 1.29 is 14.7 Å². The van der Waals surface area contributed by atoms with Crippen LogP contribution in [0.3, 0.4) is 0 Å². The molecule has 1 saturated carbocycles. The van der Waals surface area contributed by atoms with Crippen LogP contribution in [0.1, 0.15) is 25.7 Å². The Balaban J connectivity index is 1.84. The maximum Gasteiger partial charge on any atom is 0.328 e. The van der Waals surface area contributed by atoms with Crippen molar-refractivity contribution in [2.75, 3.05) is 33.2 Å². The van der Waals surface area contributed by atoms with E-state index in [9.17, 15) is 9.59 Å². The van der Waals surface area contributed by atoms with Crippen molar-refractivity contribution in [1.82, 2.24) is 9.80 Å². The zero-order chi connectivity index (χ0) is 13.8. The largest absolute Gasteiger partial charge is 0.478 e. The second-order valence-corrected chi connectivity index (χ2v) is 5.54. The summed E-state index contributed by atoms with van der Waals surface area (Å²) in [6, 6.07) is 0. The minimum atomic E-state index is -0.876. The molecular weight excluding hydrogens is 244 g/mol. The molecule has 0 radical (unpaired) electrons. The van der Waals surface area contributed by atoms with Crippen molar-refractivity contribution in [3.63, 3.8) is 0 Å². The minimum absolute atomic E-state index is 0.0920. The van der Waals surface area contributed by atoms with E-state index in [0.717, 1.165) is 57.4 Å². The van der Waals surface area contributed by atoms with Crippen molar-refractivity contribution in [1.29, 1.82) is 0 Å². The Hall–Kier alpha value is -1.36. The summed E-state index contributed by atoms with van der Waals surface area (Å²) < 4.78 is 0. The van der Waals surface area contributed by atoms with E-state index < -0.39 is 5.97 Å². The van der Waals surface area contributed by atoms with Gasteiger partial charge in [0, 0.05) is 38.2 Å². The highest BCUT2D eigenvalue weighted by Gasteiger charge is 2.28. The van der Waals surface area contributed by atoms with Crippen LogP contribution in [0.25, 0.3) is 0 Å². The minimum Gasteiger partial charge on any atom is -0.478 e. The summed E-state index contributed by atoms with van der Waals surface area (Å²) in [6.07, 6.45) is 4.39. The molecule has 0 aromatic carbocycles. The lowest BCUT2D eigenvalue weighted by Crippen LogP contribution is -2.49. The van der Waals surface area contributed by atoms with Gasteiger partial charge < -0.3 is 14.9 Å². The fourth-order valence-electron chi connectivity index (χ4n) is 2.84. The van der Waals surface area contributed by atoms with Crippen LogP contribution in [0, 0.1) is 5.92 Å². The normalized spacial score (nSPS) is 25.2. The van der Waals surface area contributed by atoms with Crippen molar-refractivity contribution in [3.8, 4) is 0 Å². The standard InChI is InChI=1S/C14H22N2O3/c1-15-6-8-16(9-7-15)14(19)12-4-2-11(3-5-12)10-13(17)18/h10,12H,2-9H2,1H3,(H,17,18). The molecule has 1 aliphatic carbocycles. The number of hydrogen-bond acceptors (Lipinski definition) is 3. The quantitative estimate of drug-likeness (QED) is 0.756. The van der Waals surface area contributed by atoms with Gasteiger partial charge in [-0.3, -0.25) is 4.79 Å². The van der Waals surface area contributed by atoms with Crippen LogP contribution in [0.2, 0.25) is 0 Å². The number of likely N-dealkylation sites (N-methyl/N-ethyl adjacent to an activating group) is 1. The van der Waals surface area contributed by atoms with Crippen LogP contribution in [0.4, 0.5) is 0 Å². The molecule has 0 bridgehead atoms. The number of nitrogens with zero attached hydrogens (tertiary/aromatic N) is 2. The molecular formula is C14H22N2O3. The lowest BCUT2D eigenvalue weighted by atomic mass is 9.84. The average Bonchev–Trinajstić information content (AvgIpc) is 2.39. The number of allylic oxidation sites excluding steroid dienone is 1. The zero-order valence-corrected chi connectivity index (χ0v) is 11.5. The summed E-state index contributed by atoms with van der Waals surface area (Å²) in [5.41, 5.74) is 0.968. The topological polar surface area (TPSA) is 60.9 Å². The van der Waals surface area contributed by atoms with Gasteiger partial charge in [-0.15, -0.1) is 0 Å². The van der Waals surface area contributed by atoms with Gasteiger partial charge in [0.05, 0.1) is 0 Å². The highest BCUT2D eigenvalue weighted by Crippen LogP contribution is 2.29. The molecule has 0 aromatic rings. The van der Waals surface area contributed by atoms with Crippen molar-refractivity contribution >= 4 is 11.9 Å². The predicted molar refractivity (Wildman–Crippen MR) is 71.8 cm³/mol. The van der Waals surface area contributed by atoms with E-state index >= 15 is 0 Å². The van der Waals surface area contributed by atoms with Gasteiger partial charge in [-0.1, -0.05) is 5.57 Å². The molecule has 0 unspecified atom stereocenters. The predicted octanol–water partition coefficient (Wildman–Crippen LogP) is 0.962. The van der Waals surface area contributed by atoms with E-state index in [1.807, 2.05) is 4.90 Å². The highest BCUT2D eigenvalue weighted by atomic mass is 16.4. The Labute approximate surface area is 113 Å². The Morgan fingerprint density at radius 1 is 1.16 bits per heavy atom. The summed E-state index contributed by atoms with van der Waals surface area (Å²) in [6.45, 7) is 3.54. The van der Waals surface area contributed by atoms with E-state index in [1.165, 1.54) is 6.08 Å². The summed E-state index contributed by atoms with van der Waals surface area (Å²) in [7, 11) is 2.07. The lowest BCUT2D eigenvalue weighted by Gasteiger charge is -2.35. The first-order valence-electron chi connectivity index (χ1n) is 6.96. The Kier molecular flexibility index (Phi) is 4.58. The molecule has 5 heteroatoms. The van der Waals surface area contributed by atoms with Crippen LogP contribution in [-0.4, -0.2) is 60.0 Å². The van der Waals surface area contributed by atoms with Crippen LogP contribution in [0.5, 0.6) is 0 Å². The zero-order valence-electron chi connectivity index (χ0n) is 11.5. The van der Waals surface area contributed by atoms with Crippen LogP contribution < -0.4 is 0 Å². The SMILES string of the molecule is CN1CCN(C(=O)C2CCC(=CC(=O)O)CC2)CC1. The Morgan fingerprint density at radius 3 is 2.26 bits per heavy atom. The van der Waals surface area contributed by atoms with Crippen molar-refractivity contribution in [2.45, 2.75) is 25.7 Å². The third-order valence-corrected chi connectivity index (χ3v) is 4.12. The number of aliphatic carboxylic acids is 1. The van der Waals surface area contributed by atoms with E-state index in [1.54, 1.807) is 0 Å². The molecule has 0 spiro atoms. The second kappa shape index (κ2) is 6.19. The second-order valence-electron chi connectivity index (χ2n) is 5.54. The van der Waals surface area contributed by atoms with Gasteiger partial charge >= 0.3 is 5.97 Å². The number of hydrogen-bond donors (Lipinski definition) is 1. The summed E-state index contributed by atoms with van der Waals surface area (Å²) >= 11 is 0. The molecule has 2 aliphatic rings. The van der Waals surface area contributed by atoms with E-state index in [2.05, 4.69) is 11.9 Å². The van der Waals surface area contributed by atoms with Gasteiger partial charge in [0.15, 0.2) is 0 Å². The maximum absolute atomic E-state index is 12.4. The first kappa shape index (κ1) is 14.1. The molecule has 2 rings (SSSR count). The first-order valence-corrected chi connectivity index (χ1v) is 6.96. The molecule has 1 aliphatic heterocycles.